The summed E-state index contributed by atoms with van der Waals surface area (Å²) in [5.74, 6) is -0.918. The highest BCUT2D eigenvalue weighted by molar-refractivity contribution is 5.71. The van der Waals surface area contributed by atoms with Gasteiger partial charge in [0.1, 0.15) is 13.2 Å². The van der Waals surface area contributed by atoms with Crippen molar-refractivity contribution >= 4 is 17.9 Å². The lowest BCUT2D eigenvalue weighted by atomic mass is 10.1. The highest BCUT2D eigenvalue weighted by Gasteiger charge is 2.19. The molecule has 0 aromatic carbocycles. The van der Waals surface area contributed by atoms with Gasteiger partial charge >= 0.3 is 17.9 Å². The standard InChI is InChI=1S/C69H118O6/c1-4-7-10-13-16-19-22-25-27-29-31-33-34-36-37-39-41-44-47-50-53-56-59-62-68(71)74-65-66(64-73-67(70)61-58-55-52-49-46-43-24-21-18-15-12-9-6-3)75-69(72)63-60-57-54-51-48-45-42-40-38-35-32-30-28-26-23-20-17-14-11-8-5-2/h7,10,16,19,21,24-25,27,30-33,36-37,41,44,66H,4-6,8-9,11-15,17-18,20,22-23,26,28-29,34-35,38-40,42-43,45-65H2,1-3H3/b10-7-,19-16-,24-21-,27-25-,32-30-,33-31-,37-36-,44-41-. The van der Waals surface area contributed by atoms with E-state index < -0.39 is 6.10 Å². The minimum Gasteiger partial charge on any atom is -0.462 e. The number of carbonyl (C=O) groups is 3. The second-order valence-electron chi connectivity index (χ2n) is 20.9. The van der Waals surface area contributed by atoms with Crippen LogP contribution in [0.3, 0.4) is 0 Å². The third-order valence-corrected chi connectivity index (χ3v) is 13.5. The number of carbonyl (C=O) groups excluding carboxylic acids is 3. The second kappa shape index (κ2) is 62.9. The molecular formula is C69H118O6. The number of ether oxygens (including phenoxy) is 3. The van der Waals surface area contributed by atoms with Crippen molar-refractivity contribution in [2.24, 2.45) is 0 Å². The summed E-state index contributed by atoms with van der Waals surface area (Å²) in [7, 11) is 0. The van der Waals surface area contributed by atoms with Crippen LogP contribution >= 0.6 is 0 Å². The maximum Gasteiger partial charge on any atom is 0.306 e. The van der Waals surface area contributed by atoms with E-state index in [9.17, 15) is 14.4 Å². The number of hydrogen-bond donors (Lipinski definition) is 0. The zero-order valence-corrected chi connectivity index (χ0v) is 49.3. The molecule has 6 heteroatoms. The monoisotopic (exact) mass is 1040 g/mol. The molecule has 0 spiro atoms. The van der Waals surface area contributed by atoms with Gasteiger partial charge in [-0.2, -0.15) is 0 Å². The molecule has 1 unspecified atom stereocenters. The minimum atomic E-state index is -0.795. The predicted octanol–water partition coefficient (Wildman–Crippen LogP) is 21.7. The van der Waals surface area contributed by atoms with E-state index in [2.05, 4.69) is 118 Å². The summed E-state index contributed by atoms with van der Waals surface area (Å²) < 4.78 is 16.9. The Morgan fingerprint density at radius 1 is 0.280 bits per heavy atom. The van der Waals surface area contributed by atoms with E-state index in [1.165, 1.54) is 148 Å². The van der Waals surface area contributed by atoms with Gasteiger partial charge in [-0.05, 0) is 122 Å². The Bertz CT molecular complexity index is 1480. The van der Waals surface area contributed by atoms with Gasteiger partial charge in [0.05, 0.1) is 0 Å². The zero-order valence-electron chi connectivity index (χ0n) is 49.3. The van der Waals surface area contributed by atoms with E-state index in [1.54, 1.807) is 0 Å². The molecule has 0 saturated carbocycles. The maximum atomic E-state index is 12.9. The fourth-order valence-electron chi connectivity index (χ4n) is 8.79. The van der Waals surface area contributed by atoms with Crippen LogP contribution in [-0.2, 0) is 28.6 Å². The first-order chi connectivity index (χ1) is 37.0. The normalized spacial score (nSPS) is 12.7. The molecule has 0 aliphatic rings. The average molecular weight is 1040 g/mol. The van der Waals surface area contributed by atoms with Crippen molar-refractivity contribution in [3.05, 3.63) is 97.2 Å². The Kier molecular flexibility index (Phi) is 59.8. The van der Waals surface area contributed by atoms with Crippen molar-refractivity contribution < 1.29 is 28.6 Å². The van der Waals surface area contributed by atoms with Crippen molar-refractivity contribution in [3.63, 3.8) is 0 Å². The molecule has 0 radical (unpaired) electrons. The third-order valence-electron chi connectivity index (χ3n) is 13.5. The SMILES string of the molecule is CC/C=C\C/C=C\C/C=C\C/C=C\C/C=C\C/C=C\CCCCCCC(=O)OCC(COC(=O)CCCCCCC/C=C\CCCCCC)OC(=O)CCCCCCCCCCC/C=C\CCCCCCCCCC. The molecule has 0 aliphatic carbocycles. The molecule has 75 heavy (non-hydrogen) atoms. The van der Waals surface area contributed by atoms with Gasteiger partial charge in [-0.15, -0.1) is 0 Å². The smallest absolute Gasteiger partial charge is 0.306 e. The van der Waals surface area contributed by atoms with Crippen LogP contribution in [0.2, 0.25) is 0 Å². The molecule has 0 amide bonds. The summed E-state index contributed by atoms with van der Waals surface area (Å²) >= 11 is 0. The third kappa shape index (κ3) is 61.1. The summed E-state index contributed by atoms with van der Waals surface area (Å²) in [5.41, 5.74) is 0. The molecule has 0 aromatic heterocycles. The van der Waals surface area contributed by atoms with Crippen LogP contribution in [0.25, 0.3) is 0 Å². The van der Waals surface area contributed by atoms with E-state index in [0.29, 0.717) is 19.3 Å². The lowest BCUT2D eigenvalue weighted by molar-refractivity contribution is -0.167. The number of allylic oxidation sites excluding steroid dienone is 16. The summed E-state index contributed by atoms with van der Waals surface area (Å²) in [6.45, 7) is 6.50. The van der Waals surface area contributed by atoms with Gasteiger partial charge in [0.25, 0.3) is 0 Å². The lowest BCUT2D eigenvalue weighted by Crippen LogP contribution is -2.30. The summed E-state index contributed by atoms with van der Waals surface area (Å²) in [6.07, 6.45) is 84.1. The van der Waals surface area contributed by atoms with E-state index >= 15 is 0 Å². The second-order valence-corrected chi connectivity index (χ2v) is 20.9. The fraction of sp³-hybridized carbons (Fsp3) is 0.725. The highest BCUT2D eigenvalue weighted by atomic mass is 16.6. The van der Waals surface area contributed by atoms with Crippen molar-refractivity contribution in [1.82, 2.24) is 0 Å². The molecule has 0 heterocycles. The highest BCUT2D eigenvalue weighted by Crippen LogP contribution is 2.15. The van der Waals surface area contributed by atoms with Crippen molar-refractivity contribution in [2.75, 3.05) is 13.2 Å². The molecule has 1 atom stereocenters. The zero-order chi connectivity index (χ0) is 54.3. The molecular weight excluding hydrogens is 925 g/mol. The lowest BCUT2D eigenvalue weighted by Gasteiger charge is -2.18. The number of hydrogen-bond acceptors (Lipinski definition) is 6. The molecule has 0 saturated heterocycles. The van der Waals surface area contributed by atoms with Crippen LogP contribution < -0.4 is 0 Å². The van der Waals surface area contributed by atoms with Gasteiger partial charge in [-0.1, -0.05) is 259 Å². The maximum absolute atomic E-state index is 12.9. The van der Waals surface area contributed by atoms with Crippen LogP contribution in [0.5, 0.6) is 0 Å². The van der Waals surface area contributed by atoms with E-state index in [1.807, 2.05) is 0 Å². The number of rotatable bonds is 57. The summed E-state index contributed by atoms with van der Waals surface area (Å²) in [6, 6.07) is 0. The van der Waals surface area contributed by atoms with E-state index in [0.717, 1.165) is 116 Å². The molecule has 0 aliphatic heterocycles. The Balaban J connectivity index is 4.40. The quantitative estimate of drug-likeness (QED) is 0.0261. The van der Waals surface area contributed by atoms with Crippen molar-refractivity contribution in [3.8, 4) is 0 Å². The van der Waals surface area contributed by atoms with Crippen LogP contribution in [0.1, 0.15) is 303 Å². The van der Waals surface area contributed by atoms with Gasteiger partial charge in [-0.25, -0.2) is 0 Å². The van der Waals surface area contributed by atoms with Gasteiger partial charge in [0.15, 0.2) is 6.10 Å². The van der Waals surface area contributed by atoms with Gasteiger partial charge in [0.2, 0.25) is 0 Å². The van der Waals surface area contributed by atoms with Crippen LogP contribution in [0, 0.1) is 0 Å². The topological polar surface area (TPSA) is 78.9 Å². The molecule has 430 valence electrons. The van der Waals surface area contributed by atoms with Crippen LogP contribution in [0.4, 0.5) is 0 Å². The van der Waals surface area contributed by atoms with Gasteiger partial charge in [0, 0.05) is 19.3 Å². The first-order valence-electron chi connectivity index (χ1n) is 31.7. The molecule has 0 rings (SSSR count). The summed E-state index contributed by atoms with van der Waals surface area (Å²) in [5, 5.41) is 0. The van der Waals surface area contributed by atoms with E-state index in [-0.39, 0.29) is 31.1 Å². The van der Waals surface area contributed by atoms with Gasteiger partial charge in [-0.3, -0.25) is 14.4 Å². The van der Waals surface area contributed by atoms with Crippen molar-refractivity contribution in [2.45, 2.75) is 309 Å². The Morgan fingerprint density at radius 2 is 0.520 bits per heavy atom. The number of unbranched alkanes of at least 4 members (excludes halogenated alkanes) is 30. The van der Waals surface area contributed by atoms with Crippen molar-refractivity contribution in [1.29, 1.82) is 0 Å². The summed E-state index contributed by atoms with van der Waals surface area (Å²) in [4.78, 5) is 38.3. The predicted molar refractivity (Wildman–Crippen MR) is 325 cm³/mol. The minimum absolute atomic E-state index is 0.0905. The first-order valence-corrected chi connectivity index (χ1v) is 31.7. The molecule has 0 N–H and O–H groups in total. The Hall–Kier alpha value is -3.67. The Labute approximate surface area is 464 Å². The molecule has 0 fully saturated rings. The Morgan fingerprint density at radius 3 is 0.840 bits per heavy atom. The van der Waals surface area contributed by atoms with Crippen LogP contribution in [-0.4, -0.2) is 37.2 Å². The largest absolute Gasteiger partial charge is 0.462 e. The molecule has 6 nitrogen and oxygen atoms in total. The molecule has 0 aromatic rings. The van der Waals surface area contributed by atoms with E-state index in [4.69, 9.17) is 14.2 Å². The first kappa shape index (κ1) is 71.3. The van der Waals surface area contributed by atoms with Gasteiger partial charge < -0.3 is 14.2 Å². The fourth-order valence-corrected chi connectivity index (χ4v) is 8.79. The molecule has 0 bridgehead atoms. The average Bonchev–Trinajstić information content (AvgIpc) is 3.41. The van der Waals surface area contributed by atoms with Crippen LogP contribution in [0.15, 0.2) is 97.2 Å². The number of esters is 3.